The summed E-state index contributed by atoms with van der Waals surface area (Å²) < 4.78 is 70.7. The number of nitrogens with two attached hydrogens (primary N) is 1. The molecule has 1 aromatic heterocycles. The molecule has 2 heterocycles. The van der Waals surface area contributed by atoms with Gasteiger partial charge in [0.25, 0.3) is 0 Å². The summed E-state index contributed by atoms with van der Waals surface area (Å²) in [5.74, 6) is 6.06. The van der Waals surface area contributed by atoms with Gasteiger partial charge in [-0.2, -0.15) is 13.2 Å². The van der Waals surface area contributed by atoms with Crippen LogP contribution in [0.25, 0.3) is 10.9 Å². The molecule has 1 saturated heterocycles. The van der Waals surface area contributed by atoms with Gasteiger partial charge in [-0.05, 0) is 80.2 Å². The largest absolute Gasteiger partial charge is 0.495 e. The lowest BCUT2D eigenvalue weighted by Crippen LogP contribution is -2.63. The number of nitrogens with one attached hydrogen (secondary N) is 2. The Morgan fingerprint density at radius 2 is 1.82 bits per heavy atom. The average molecular weight is 630 g/mol. The van der Waals surface area contributed by atoms with Crippen LogP contribution < -0.4 is 20.5 Å². The van der Waals surface area contributed by atoms with Gasteiger partial charge in [-0.15, -0.1) is 0 Å². The first-order valence-electron chi connectivity index (χ1n) is 15.1. The molecule has 0 bridgehead atoms. The second-order valence-electron chi connectivity index (χ2n) is 12.4. The molecule has 4 N–H and O–H groups in total. The summed E-state index contributed by atoms with van der Waals surface area (Å²) in [6, 6.07) is 12.2. The molecule has 2 aromatic carbocycles. The Labute approximate surface area is 256 Å². The van der Waals surface area contributed by atoms with Gasteiger partial charge in [-0.1, -0.05) is 18.4 Å². The van der Waals surface area contributed by atoms with Gasteiger partial charge < -0.3 is 19.9 Å². The number of ether oxygens (including phenoxy) is 1. The molecule has 44 heavy (non-hydrogen) atoms. The van der Waals surface area contributed by atoms with Crippen molar-refractivity contribution in [3.05, 3.63) is 48.2 Å². The van der Waals surface area contributed by atoms with Crippen molar-refractivity contribution in [1.29, 1.82) is 0 Å². The molecular weight excluding hydrogens is 591 g/mol. The van der Waals surface area contributed by atoms with Crippen LogP contribution in [0.5, 0.6) is 5.75 Å². The van der Waals surface area contributed by atoms with E-state index in [1.54, 1.807) is 18.2 Å². The maximum Gasteiger partial charge on any atom is 0.406 e. The molecular formula is C32H38F3N5O3S. The van der Waals surface area contributed by atoms with E-state index in [9.17, 15) is 21.6 Å². The highest BCUT2D eigenvalue weighted by molar-refractivity contribution is 7.89. The van der Waals surface area contributed by atoms with Crippen LogP contribution in [0, 0.1) is 17.3 Å². The van der Waals surface area contributed by atoms with E-state index in [0.29, 0.717) is 28.0 Å². The minimum Gasteiger partial charge on any atom is -0.495 e. The molecule has 0 unspecified atom stereocenters. The minimum atomic E-state index is -4.42. The highest BCUT2D eigenvalue weighted by Crippen LogP contribution is 2.50. The number of benzene rings is 2. The lowest BCUT2D eigenvalue weighted by atomic mass is 9.63. The SMILES string of the molecule is COc1cc(S(N)(=O)=O)ccc1NCC#Cc1cc2c(N[C@H]3CC[C@H](N4CC5(CCC5)C4)CC3)cccc2n1CC(F)(F)F. The second-order valence-corrected chi connectivity index (χ2v) is 14.0. The summed E-state index contributed by atoms with van der Waals surface area (Å²) in [6.07, 6.45) is 4.06. The van der Waals surface area contributed by atoms with Gasteiger partial charge in [0.15, 0.2) is 0 Å². The number of hydrogen-bond donors (Lipinski definition) is 3. The van der Waals surface area contributed by atoms with E-state index in [1.807, 2.05) is 6.07 Å². The quantitative estimate of drug-likeness (QED) is 0.283. The number of halogens is 3. The summed E-state index contributed by atoms with van der Waals surface area (Å²) in [5.41, 5.74) is 2.66. The fraction of sp³-hybridized carbons (Fsp3) is 0.500. The lowest BCUT2D eigenvalue weighted by molar-refractivity contribution is -0.140. The molecule has 0 radical (unpaired) electrons. The second kappa shape index (κ2) is 11.8. The number of anilines is 2. The van der Waals surface area contributed by atoms with Crippen LogP contribution in [0.15, 0.2) is 47.4 Å². The molecule has 3 fully saturated rings. The van der Waals surface area contributed by atoms with Gasteiger partial charge in [0, 0.05) is 42.3 Å². The van der Waals surface area contributed by atoms with Crippen LogP contribution >= 0.6 is 0 Å². The number of primary sulfonamides is 1. The molecule has 12 heteroatoms. The summed E-state index contributed by atoms with van der Waals surface area (Å²) in [5, 5.41) is 12.6. The summed E-state index contributed by atoms with van der Waals surface area (Å²) >= 11 is 0. The van der Waals surface area contributed by atoms with Crippen LogP contribution in [-0.4, -0.2) is 62.9 Å². The highest BCUT2D eigenvalue weighted by Gasteiger charge is 2.49. The van der Waals surface area contributed by atoms with Crippen molar-refractivity contribution in [3.63, 3.8) is 0 Å². The molecule has 0 amide bonds. The Morgan fingerprint density at radius 3 is 2.45 bits per heavy atom. The van der Waals surface area contributed by atoms with Gasteiger partial charge in [-0.25, -0.2) is 13.6 Å². The highest BCUT2D eigenvalue weighted by atomic mass is 32.2. The van der Waals surface area contributed by atoms with Crippen LogP contribution in [0.2, 0.25) is 0 Å². The summed E-state index contributed by atoms with van der Waals surface area (Å²) in [4.78, 5) is 2.56. The Kier molecular flexibility index (Phi) is 8.24. The van der Waals surface area contributed by atoms with E-state index >= 15 is 0 Å². The number of rotatable bonds is 8. The van der Waals surface area contributed by atoms with Gasteiger partial charge in [0.1, 0.15) is 12.3 Å². The van der Waals surface area contributed by atoms with Gasteiger partial charge in [0.05, 0.1) is 35.4 Å². The van der Waals surface area contributed by atoms with Crippen molar-refractivity contribution in [1.82, 2.24) is 9.47 Å². The third kappa shape index (κ3) is 6.50. The molecule has 2 saturated carbocycles. The first-order valence-corrected chi connectivity index (χ1v) is 16.6. The molecule has 1 aliphatic heterocycles. The monoisotopic (exact) mass is 629 g/mol. The number of nitrogens with zero attached hydrogens (tertiary/aromatic N) is 2. The third-order valence-corrected chi connectivity index (χ3v) is 10.3. The fourth-order valence-electron chi connectivity index (χ4n) is 7.00. The maximum absolute atomic E-state index is 13.7. The minimum absolute atomic E-state index is 0.0884. The van der Waals surface area contributed by atoms with Gasteiger partial charge in [-0.3, -0.25) is 4.90 Å². The van der Waals surface area contributed by atoms with E-state index in [0.717, 1.165) is 31.4 Å². The molecule has 0 atom stereocenters. The van der Waals surface area contributed by atoms with Crippen molar-refractivity contribution in [3.8, 4) is 17.6 Å². The molecule has 3 aromatic rings. The van der Waals surface area contributed by atoms with E-state index in [-0.39, 0.29) is 28.9 Å². The molecule has 6 rings (SSSR count). The van der Waals surface area contributed by atoms with E-state index in [2.05, 4.69) is 27.4 Å². The van der Waals surface area contributed by atoms with E-state index in [1.165, 1.54) is 62.2 Å². The Hall–Kier alpha value is -3.40. The number of alkyl halides is 3. The topological polar surface area (TPSA) is 102 Å². The molecule has 3 aliphatic rings. The molecule has 2 aliphatic carbocycles. The number of fused-ring (bicyclic) bond motifs is 1. The van der Waals surface area contributed by atoms with Crippen molar-refractivity contribution in [2.24, 2.45) is 10.6 Å². The van der Waals surface area contributed by atoms with Crippen LogP contribution in [0.3, 0.4) is 0 Å². The number of hydrogen-bond acceptors (Lipinski definition) is 6. The zero-order valence-electron chi connectivity index (χ0n) is 24.7. The lowest BCUT2D eigenvalue weighted by Gasteiger charge is -2.59. The Balaban J connectivity index is 1.16. The Morgan fingerprint density at radius 1 is 1.07 bits per heavy atom. The predicted molar refractivity (Wildman–Crippen MR) is 165 cm³/mol. The van der Waals surface area contributed by atoms with Crippen LogP contribution in [0.4, 0.5) is 24.5 Å². The fourth-order valence-corrected chi connectivity index (χ4v) is 7.53. The number of likely N-dealkylation sites (tertiary alicyclic amines) is 1. The maximum atomic E-state index is 13.7. The smallest absolute Gasteiger partial charge is 0.406 e. The zero-order chi connectivity index (χ0) is 31.1. The summed E-state index contributed by atoms with van der Waals surface area (Å²) in [6.45, 7) is 1.44. The molecule has 1 spiro atoms. The first-order chi connectivity index (χ1) is 20.9. The zero-order valence-corrected chi connectivity index (χ0v) is 25.5. The van der Waals surface area contributed by atoms with Crippen molar-refractivity contribution >= 4 is 32.3 Å². The van der Waals surface area contributed by atoms with Gasteiger partial charge >= 0.3 is 6.18 Å². The normalized spacial score (nSPS) is 21.7. The van der Waals surface area contributed by atoms with Crippen LogP contribution in [-0.2, 0) is 16.6 Å². The van der Waals surface area contributed by atoms with Crippen molar-refractivity contribution < 1.29 is 26.3 Å². The van der Waals surface area contributed by atoms with Gasteiger partial charge in [0.2, 0.25) is 10.0 Å². The van der Waals surface area contributed by atoms with E-state index in [4.69, 9.17) is 9.88 Å². The predicted octanol–water partition coefficient (Wildman–Crippen LogP) is 5.53. The van der Waals surface area contributed by atoms with Crippen molar-refractivity contribution in [2.75, 3.05) is 37.4 Å². The standard InChI is InChI=1S/C32H38F3N5O3S/c1-43-30-18-25(44(36,41)42)12-13-28(30)37-16-3-5-24-17-26-27(6-2-7-29(26)40(24)21-32(33,34)35)38-22-8-10-23(11-9-22)39-19-31(20-39)14-4-15-31/h2,6-7,12-13,17-18,22-23,37-38H,4,8-11,14-16,19-21H2,1H3,(H2,36,41,42)/t22-,23-. The summed E-state index contributed by atoms with van der Waals surface area (Å²) in [7, 11) is -2.51. The van der Waals surface area contributed by atoms with Crippen molar-refractivity contribution in [2.45, 2.75) is 74.6 Å². The third-order valence-electron chi connectivity index (χ3n) is 9.43. The molecule has 236 valence electrons. The number of sulfonamides is 1. The van der Waals surface area contributed by atoms with E-state index < -0.39 is 22.7 Å². The number of methoxy groups -OCH3 is 1. The first kappa shape index (κ1) is 30.6. The Bertz CT molecular complexity index is 1690. The van der Waals surface area contributed by atoms with Crippen LogP contribution in [0.1, 0.15) is 50.6 Å². The number of aromatic nitrogens is 1. The molecule has 8 nitrogen and oxygen atoms in total. The average Bonchev–Trinajstić information content (AvgIpc) is 3.26.